The van der Waals surface area contributed by atoms with E-state index in [1.165, 1.54) is 12.1 Å². The van der Waals surface area contributed by atoms with Gasteiger partial charge in [0, 0.05) is 31.2 Å². The normalized spacial score (nSPS) is 19.9. The Kier molecular flexibility index (Phi) is 4.39. The quantitative estimate of drug-likeness (QED) is 0.910. The lowest BCUT2D eigenvalue weighted by molar-refractivity contribution is 0.0527. The second-order valence-corrected chi connectivity index (χ2v) is 5.11. The number of aromatic carboxylic acids is 1. The Balaban J connectivity index is 2.06. The molecule has 0 radical (unpaired) electrons. The minimum Gasteiger partial charge on any atom is -0.478 e. The van der Waals surface area contributed by atoms with E-state index in [0.29, 0.717) is 18.2 Å². The van der Waals surface area contributed by atoms with Gasteiger partial charge in [-0.25, -0.2) is 4.79 Å². The maximum atomic E-state index is 12.4. The fraction of sp³-hybridized carbons (Fsp3) is 0.467. The molecule has 108 valence electrons. The molecular weight excluding hydrogens is 256 g/mol. The van der Waals surface area contributed by atoms with E-state index in [1.54, 1.807) is 12.1 Å². The van der Waals surface area contributed by atoms with E-state index in [-0.39, 0.29) is 11.5 Å². The predicted molar refractivity (Wildman–Crippen MR) is 76.0 cm³/mol. The number of likely N-dealkylation sites (N-methyl/N-ethyl adjacent to an activating group) is 1. The molecule has 0 saturated carbocycles. The summed E-state index contributed by atoms with van der Waals surface area (Å²) in [6.07, 6.45) is 0. The maximum absolute atomic E-state index is 12.4. The first kappa shape index (κ1) is 14.5. The molecule has 5 nitrogen and oxygen atoms in total. The highest BCUT2D eigenvalue weighted by Crippen LogP contribution is 2.13. The van der Waals surface area contributed by atoms with Gasteiger partial charge in [-0.3, -0.25) is 9.69 Å². The molecule has 1 aliphatic heterocycles. The van der Waals surface area contributed by atoms with Gasteiger partial charge >= 0.3 is 5.97 Å². The van der Waals surface area contributed by atoms with Crippen LogP contribution in [0.25, 0.3) is 0 Å². The van der Waals surface area contributed by atoms with Crippen molar-refractivity contribution in [2.45, 2.75) is 19.9 Å². The van der Waals surface area contributed by atoms with Gasteiger partial charge in [0.15, 0.2) is 0 Å². The Morgan fingerprint density at radius 2 is 1.80 bits per heavy atom. The summed E-state index contributed by atoms with van der Waals surface area (Å²) in [5.74, 6) is -1.00. The second-order valence-electron chi connectivity index (χ2n) is 5.11. The number of amides is 1. The Morgan fingerprint density at radius 1 is 1.20 bits per heavy atom. The number of carbonyl (C=O) groups is 2. The highest BCUT2D eigenvalue weighted by molar-refractivity contribution is 5.96. The Morgan fingerprint density at radius 3 is 2.30 bits per heavy atom. The number of carboxylic acids is 1. The summed E-state index contributed by atoms with van der Waals surface area (Å²) in [6, 6.07) is 6.48. The topological polar surface area (TPSA) is 60.9 Å². The van der Waals surface area contributed by atoms with Crippen molar-refractivity contribution in [1.82, 2.24) is 9.80 Å². The number of benzene rings is 1. The summed E-state index contributed by atoms with van der Waals surface area (Å²) in [5, 5.41) is 8.85. The summed E-state index contributed by atoms with van der Waals surface area (Å²) in [5.41, 5.74) is 0.748. The lowest BCUT2D eigenvalue weighted by Gasteiger charge is -2.39. The Labute approximate surface area is 118 Å². The van der Waals surface area contributed by atoms with E-state index in [2.05, 4.69) is 18.7 Å². The van der Waals surface area contributed by atoms with E-state index in [0.717, 1.165) is 19.6 Å². The Hall–Kier alpha value is -1.88. The first-order valence-corrected chi connectivity index (χ1v) is 6.89. The van der Waals surface area contributed by atoms with Crippen LogP contribution in [-0.4, -0.2) is 59.0 Å². The van der Waals surface area contributed by atoms with Crippen molar-refractivity contribution in [1.29, 1.82) is 0 Å². The number of hydrogen-bond acceptors (Lipinski definition) is 3. The van der Waals surface area contributed by atoms with Crippen molar-refractivity contribution in [3.8, 4) is 0 Å². The van der Waals surface area contributed by atoms with Crippen LogP contribution in [0.5, 0.6) is 0 Å². The van der Waals surface area contributed by atoms with Gasteiger partial charge in [-0.05, 0) is 37.7 Å². The number of nitrogens with zero attached hydrogens (tertiary/aromatic N) is 2. The number of piperazine rings is 1. The highest BCUT2D eigenvalue weighted by Gasteiger charge is 2.26. The van der Waals surface area contributed by atoms with Crippen molar-refractivity contribution in [3.63, 3.8) is 0 Å². The molecule has 0 spiro atoms. The molecule has 1 atom stereocenters. The van der Waals surface area contributed by atoms with Crippen LogP contribution in [0.15, 0.2) is 24.3 Å². The molecule has 1 fully saturated rings. The van der Waals surface area contributed by atoms with Gasteiger partial charge in [0.1, 0.15) is 0 Å². The number of rotatable bonds is 3. The summed E-state index contributed by atoms with van der Waals surface area (Å²) in [4.78, 5) is 27.4. The van der Waals surface area contributed by atoms with Crippen molar-refractivity contribution >= 4 is 11.9 Å². The summed E-state index contributed by atoms with van der Waals surface area (Å²) >= 11 is 0. The standard InChI is InChI=1S/C15H20N2O3/c1-3-16-8-9-17(10-11(16)2)14(18)12-4-6-13(7-5-12)15(19)20/h4-7,11H,3,8-10H2,1-2H3,(H,19,20). The minimum atomic E-state index is -0.978. The SMILES string of the molecule is CCN1CCN(C(=O)c2ccc(C(=O)O)cc2)CC1C. The third-order valence-electron chi connectivity index (χ3n) is 3.84. The van der Waals surface area contributed by atoms with Crippen molar-refractivity contribution in [3.05, 3.63) is 35.4 Å². The lowest BCUT2D eigenvalue weighted by Crippen LogP contribution is -2.53. The van der Waals surface area contributed by atoms with Gasteiger partial charge in [-0.1, -0.05) is 6.92 Å². The first-order valence-electron chi connectivity index (χ1n) is 6.89. The van der Waals surface area contributed by atoms with Crippen LogP contribution in [0.3, 0.4) is 0 Å². The van der Waals surface area contributed by atoms with Crippen LogP contribution in [0.4, 0.5) is 0 Å². The van der Waals surface area contributed by atoms with Gasteiger partial charge < -0.3 is 10.0 Å². The predicted octanol–water partition coefficient (Wildman–Crippen LogP) is 1.55. The van der Waals surface area contributed by atoms with Crippen LogP contribution >= 0.6 is 0 Å². The molecule has 0 aliphatic carbocycles. The molecule has 1 heterocycles. The molecule has 1 aliphatic rings. The van der Waals surface area contributed by atoms with Gasteiger partial charge in [-0.2, -0.15) is 0 Å². The Bertz CT molecular complexity index is 498. The fourth-order valence-corrected chi connectivity index (χ4v) is 2.59. The molecule has 1 aromatic rings. The zero-order chi connectivity index (χ0) is 14.7. The average Bonchev–Trinajstić information content (AvgIpc) is 2.46. The van der Waals surface area contributed by atoms with E-state index >= 15 is 0 Å². The third-order valence-corrected chi connectivity index (χ3v) is 3.84. The molecule has 0 aromatic heterocycles. The zero-order valence-electron chi connectivity index (χ0n) is 11.9. The van der Waals surface area contributed by atoms with Crippen molar-refractivity contribution in [2.75, 3.05) is 26.2 Å². The lowest BCUT2D eigenvalue weighted by atomic mass is 10.1. The van der Waals surface area contributed by atoms with Crippen LogP contribution in [0.1, 0.15) is 34.6 Å². The smallest absolute Gasteiger partial charge is 0.335 e. The van der Waals surface area contributed by atoms with E-state index in [4.69, 9.17) is 5.11 Å². The zero-order valence-corrected chi connectivity index (χ0v) is 11.9. The average molecular weight is 276 g/mol. The van der Waals surface area contributed by atoms with E-state index in [9.17, 15) is 9.59 Å². The number of hydrogen-bond donors (Lipinski definition) is 1. The van der Waals surface area contributed by atoms with Crippen LogP contribution in [-0.2, 0) is 0 Å². The third kappa shape index (κ3) is 2.99. The molecule has 1 unspecified atom stereocenters. The largest absolute Gasteiger partial charge is 0.478 e. The summed E-state index contributed by atoms with van der Waals surface area (Å²) < 4.78 is 0. The number of carbonyl (C=O) groups excluding carboxylic acids is 1. The van der Waals surface area contributed by atoms with Gasteiger partial charge in [0.05, 0.1) is 5.56 Å². The minimum absolute atomic E-state index is 0.0236. The summed E-state index contributed by atoms with van der Waals surface area (Å²) in [7, 11) is 0. The molecule has 0 bridgehead atoms. The highest BCUT2D eigenvalue weighted by atomic mass is 16.4. The van der Waals surface area contributed by atoms with E-state index in [1.807, 2.05) is 4.90 Å². The molecule has 1 saturated heterocycles. The van der Waals surface area contributed by atoms with Crippen LogP contribution in [0.2, 0.25) is 0 Å². The fourth-order valence-electron chi connectivity index (χ4n) is 2.59. The molecule has 1 N–H and O–H groups in total. The van der Waals surface area contributed by atoms with Crippen molar-refractivity contribution < 1.29 is 14.7 Å². The monoisotopic (exact) mass is 276 g/mol. The van der Waals surface area contributed by atoms with Crippen LogP contribution in [0, 0.1) is 0 Å². The molecule has 20 heavy (non-hydrogen) atoms. The van der Waals surface area contributed by atoms with Crippen LogP contribution < -0.4 is 0 Å². The molecule has 1 amide bonds. The number of carboxylic acid groups (broad SMARTS) is 1. The molecular formula is C15H20N2O3. The van der Waals surface area contributed by atoms with Gasteiger partial charge in [0.2, 0.25) is 0 Å². The van der Waals surface area contributed by atoms with Crippen molar-refractivity contribution in [2.24, 2.45) is 0 Å². The first-order chi connectivity index (χ1) is 9.52. The van der Waals surface area contributed by atoms with Gasteiger partial charge in [-0.15, -0.1) is 0 Å². The molecule has 5 heteroatoms. The summed E-state index contributed by atoms with van der Waals surface area (Å²) in [6.45, 7) is 7.56. The maximum Gasteiger partial charge on any atom is 0.335 e. The molecule has 2 rings (SSSR count). The molecule has 1 aromatic carbocycles. The second kappa shape index (κ2) is 6.05. The van der Waals surface area contributed by atoms with Gasteiger partial charge in [0.25, 0.3) is 5.91 Å². The van der Waals surface area contributed by atoms with E-state index < -0.39 is 5.97 Å².